The molecule has 0 aromatic heterocycles. The number of anilines is 3. The van der Waals surface area contributed by atoms with Crippen molar-refractivity contribution in [1.82, 2.24) is 0 Å². The maximum Gasteiger partial charge on any atom is 0.0540 e. The molecule has 4 fully saturated rings. The third kappa shape index (κ3) is 3.87. The van der Waals surface area contributed by atoms with Gasteiger partial charge in [0.1, 0.15) is 0 Å². The summed E-state index contributed by atoms with van der Waals surface area (Å²) in [5.74, 6) is 3.47. The Morgan fingerprint density at radius 1 is 0.466 bits per heavy atom. The molecule has 2 bridgehead atoms. The van der Waals surface area contributed by atoms with Gasteiger partial charge in [0.15, 0.2) is 0 Å². The van der Waals surface area contributed by atoms with Crippen molar-refractivity contribution in [2.24, 2.45) is 29.1 Å². The topological polar surface area (TPSA) is 3.24 Å². The molecule has 0 saturated heterocycles. The van der Waals surface area contributed by atoms with Crippen molar-refractivity contribution < 1.29 is 0 Å². The fourth-order valence-corrected chi connectivity index (χ4v) is 15.6. The van der Waals surface area contributed by atoms with E-state index in [0.717, 1.165) is 23.7 Å². The van der Waals surface area contributed by atoms with Crippen molar-refractivity contribution in [3.8, 4) is 33.4 Å². The minimum Gasteiger partial charge on any atom is -0.310 e. The van der Waals surface area contributed by atoms with Crippen LogP contribution in [0.3, 0.4) is 0 Å². The number of rotatable bonds is 4. The summed E-state index contributed by atoms with van der Waals surface area (Å²) in [5, 5.41) is 0. The second kappa shape index (κ2) is 10.8. The summed E-state index contributed by atoms with van der Waals surface area (Å²) >= 11 is 0. The van der Waals surface area contributed by atoms with Gasteiger partial charge in [-0.25, -0.2) is 0 Å². The first-order valence-electron chi connectivity index (χ1n) is 22.5. The third-order valence-corrected chi connectivity index (χ3v) is 18.0. The Hall–Kier alpha value is -4.88. The Bertz CT molecular complexity index is 2780. The average molecular weight is 754 g/mol. The first kappa shape index (κ1) is 34.0. The van der Waals surface area contributed by atoms with Crippen molar-refractivity contribution in [3.63, 3.8) is 0 Å². The molecule has 6 atom stereocenters. The number of fused-ring (bicyclic) bond motifs is 12. The molecule has 58 heavy (non-hydrogen) atoms. The molecule has 288 valence electrons. The highest BCUT2D eigenvalue weighted by Crippen LogP contribution is 2.89. The lowest BCUT2D eigenvalue weighted by molar-refractivity contribution is -0.231. The quantitative estimate of drug-likeness (QED) is 0.173. The van der Waals surface area contributed by atoms with Crippen LogP contribution >= 0.6 is 0 Å². The Kier molecular flexibility index (Phi) is 6.36. The minimum absolute atomic E-state index is 0.0793. The number of benzene rings is 6. The van der Waals surface area contributed by atoms with Gasteiger partial charge in [-0.3, -0.25) is 0 Å². The van der Waals surface area contributed by atoms with Gasteiger partial charge in [-0.05, 0) is 170 Å². The number of para-hydroxylation sites is 1. The van der Waals surface area contributed by atoms with Crippen molar-refractivity contribution in [1.29, 1.82) is 0 Å². The molecular weight excluding hydrogens is 699 g/mol. The van der Waals surface area contributed by atoms with Crippen LogP contribution in [-0.4, -0.2) is 0 Å². The van der Waals surface area contributed by atoms with Crippen LogP contribution in [0.5, 0.6) is 0 Å². The standard InChI is InChI=1S/C57H55N/c1-53(2)26-27-54(3,4)52-43(17-13-20-46(52)53)42-16-9-12-21-49(42)58(36-22-24-40-38-14-7-10-18-44(38)55(5,6)47(40)31-36)37-23-25-41-39-15-8-11-19-45(39)57(48(41)32-37)50-29-34-28-35-30-51(57)56(35,50)33-34/h7-25,31-32,34-35,50-51H,26-30,33H2,1-6H3. The predicted molar refractivity (Wildman–Crippen MR) is 240 cm³/mol. The molecule has 7 aliphatic carbocycles. The number of nitrogens with zero attached hydrogens (tertiary/aromatic N) is 1. The van der Waals surface area contributed by atoms with Gasteiger partial charge >= 0.3 is 0 Å². The van der Waals surface area contributed by atoms with Crippen LogP contribution in [0.1, 0.15) is 113 Å². The molecule has 13 rings (SSSR count). The molecule has 1 heteroatoms. The lowest BCUT2D eigenvalue weighted by Gasteiger charge is -2.76. The van der Waals surface area contributed by atoms with E-state index in [-0.39, 0.29) is 21.7 Å². The van der Waals surface area contributed by atoms with Gasteiger partial charge in [0, 0.05) is 27.8 Å². The van der Waals surface area contributed by atoms with Crippen LogP contribution in [-0.2, 0) is 21.7 Å². The first-order valence-corrected chi connectivity index (χ1v) is 22.5. The van der Waals surface area contributed by atoms with E-state index < -0.39 is 0 Å². The highest BCUT2D eigenvalue weighted by molar-refractivity contribution is 5.94. The molecule has 1 nitrogen and oxygen atoms in total. The second-order valence-electron chi connectivity index (χ2n) is 21.6. The maximum atomic E-state index is 2.69. The van der Waals surface area contributed by atoms with Crippen molar-refractivity contribution >= 4 is 17.1 Å². The SMILES string of the molecule is CC1(C)CCC(C)(C)c2c(-c3ccccc3N(c3ccc4c(c3)C(C)(C)c3ccccc3-4)c3ccc4c(c3)C3(c5ccccc5-4)C4CC5CC6CC3C64C5)cccc21. The van der Waals surface area contributed by atoms with Crippen LogP contribution in [0, 0.1) is 29.1 Å². The predicted octanol–water partition coefficient (Wildman–Crippen LogP) is 14.8. The fourth-order valence-electron chi connectivity index (χ4n) is 15.6. The third-order valence-electron chi connectivity index (χ3n) is 18.0. The molecule has 7 aliphatic rings. The van der Waals surface area contributed by atoms with E-state index in [1.165, 1.54) is 111 Å². The summed E-state index contributed by atoms with van der Waals surface area (Å²) < 4.78 is 0. The molecule has 0 radical (unpaired) electrons. The highest BCUT2D eigenvalue weighted by atomic mass is 15.1. The molecule has 2 spiro atoms. The van der Waals surface area contributed by atoms with E-state index in [1.807, 2.05) is 0 Å². The molecule has 0 amide bonds. The Morgan fingerprint density at radius 3 is 1.79 bits per heavy atom. The summed E-state index contributed by atoms with van der Waals surface area (Å²) in [5.41, 5.74) is 22.3. The zero-order valence-electron chi connectivity index (χ0n) is 35.1. The molecule has 6 aromatic carbocycles. The van der Waals surface area contributed by atoms with E-state index in [0.29, 0.717) is 5.41 Å². The molecule has 6 aromatic rings. The van der Waals surface area contributed by atoms with Gasteiger partial charge in [-0.15, -0.1) is 0 Å². The summed E-state index contributed by atoms with van der Waals surface area (Å²) in [6.45, 7) is 14.7. The van der Waals surface area contributed by atoms with Gasteiger partial charge in [-0.2, -0.15) is 0 Å². The number of hydrogen-bond acceptors (Lipinski definition) is 1. The highest BCUT2D eigenvalue weighted by Gasteiger charge is 2.84. The average Bonchev–Trinajstić information content (AvgIpc) is 3.92. The molecule has 6 unspecified atom stereocenters. The lowest BCUT2D eigenvalue weighted by atomic mass is 9.27. The van der Waals surface area contributed by atoms with Crippen LogP contribution < -0.4 is 4.90 Å². The normalized spacial score (nSPS) is 29.7. The van der Waals surface area contributed by atoms with Gasteiger partial charge in [0.25, 0.3) is 0 Å². The van der Waals surface area contributed by atoms with Crippen molar-refractivity contribution in [2.45, 2.75) is 102 Å². The largest absolute Gasteiger partial charge is 0.310 e. The Labute approximate surface area is 345 Å². The lowest BCUT2D eigenvalue weighted by Crippen LogP contribution is -2.73. The minimum atomic E-state index is -0.0896. The van der Waals surface area contributed by atoms with Gasteiger partial charge in [-0.1, -0.05) is 139 Å². The van der Waals surface area contributed by atoms with Crippen LogP contribution in [0.4, 0.5) is 17.1 Å². The van der Waals surface area contributed by atoms with E-state index in [4.69, 9.17) is 0 Å². The summed E-state index contributed by atoms with van der Waals surface area (Å²) in [6.07, 6.45) is 8.23. The van der Waals surface area contributed by atoms with Crippen molar-refractivity contribution in [3.05, 3.63) is 161 Å². The van der Waals surface area contributed by atoms with Crippen LogP contribution in [0.2, 0.25) is 0 Å². The molecular formula is C57H55N. The summed E-state index contributed by atoms with van der Waals surface area (Å²) in [4.78, 5) is 2.66. The Balaban J connectivity index is 1.05. The summed E-state index contributed by atoms with van der Waals surface area (Å²) in [6, 6.07) is 50.2. The summed E-state index contributed by atoms with van der Waals surface area (Å²) in [7, 11) is 0. The van der Waals surface area contributed by atoms with Gasteiger partial charge in [0.05, 0.1) is 5.69 Å². The molecule has 4 saturated carbocycles. The zero-order valence-corrected chi connectivity index (χ0v) is 35.1. The van der Waals surface area contributed by atoms with Crippen LogP contribution in [0.15, 0.2) is 127 Å². The maximum absolute atomic E-state index is 2.69. The van der Waals surface area contributed by atoms with Crippen molar-refractivity contribution in [2.75, 3.05) is 4.90 Å². The van der Waals surface area contributed by atoms with E-state index in [9.17, 15) is 0 Å². The van der Waals surface area contributed by atoms with Gasteiger partial charge < -0.3 is 4.90 Å². The Morgan fingerprint density at radius 2 is 1.03 bits per heavy atom. The molecule has 0 heterocycles. The second-order valence-corrected chi connectivity index (χ2v) is 21.6. The monoisotopic (exact) mass is 753 g/mol. The molecule has 0 N–H and O–H groups in total. The van der Waals surface area contributed by atoms with E-state index in [1.54, 1.807) is 11.1 Å². The molecule has 0 aliphatic heterocycles. The fraction of sp³-hybridized carbons (Fsp3) is 0.368. The zero-order chi connectivity index (χ0) is 39.1. The van der Waals surface area contributed by atoms with Gasteiger partial charge in [0.2, 0.25) is 0 Å². The number of hydrogen-bond donors (Lipinski definition) is 0. The van der Waals surface area contributed by atoms with E-state index >= 15 is 0 Å². The van der Waals surface area contributed by atoms with Crippen LogP contribution in [0.25, 0.3) is 33.4 Å². The smallest absolute Gasteiger partial charge is 0.0540 e. The van der Waals surface area contributed by atoms with E-state index in [2.05, 4.69) is 174 Å². The first-order chi connectivity index (χ1) is 28.0.